The first-order valence-electron chi connectivity index (χ1n) is 9.17. The van der Waals surface area contributed by atoms with Crippen molar-refractivity contribution in [1.29, 1.82) is 0 Å². The van der Waals surface area contributed by atoms with Gasteiger partial charge in [0.05, 0.1) is 11.4 Å². The van der Waals surface area contributed by atoms with Crippen molar-refractivity contribution in [3.8, 4) is 22.5 Å². The number of aryl methyl sites for hydroxylation is 1. The van der Waals surface area contributed by atoms with Crippen LogP contribution in [0.3, 0.4) is 0 Å². The molecule has 3 nitrogen and oxygen atoms in total. The van der Waals surface area contributed by atoms with Crippen LogP contribution < -0.4 is 0 Å². The molecule has 0 N–H and O–H groups in total. The van der Waals surface area contributed by atoms with Crippen LogP contribution >= 0.6 is 0 Å². The van der Waals surface area contributed by atoms with Crippen molar-refractivity contribution in [2.75, 3.05) is 0 Å². The second kappa shape index (κ2) is 6.36. The van der Waals surface area contributed by atoms with Gasteiger partial charge in [-0.05, 0) is 24.3 Å². The Bertz CT molecular complexity index is 1260. The molecule has 2 heterocycles. The Morgan fingerprint density at radius 2 is 1.37 bits per heavy atom. The van der Waals surface area contributed by atoms with Gasteiger partial charge >= 0.3 is 0 Å². The summed E-state index contributed by atoms with van der Waals surface area (Å²) in [7, 11) is 0. The summed E-state index contributed by atoms with van der Waals surface area (Å²) in [5, 5.41) is 2.27. The van der Waals surface area contributed by atoms with Crippen LogP contribution in [0.25, 0.3) is 44.5 Å². The molecule has 0 saturated carbocycles. The van der Waals surface area contributed by atoms with E-state index in [0.717, 1.165) is 56.7 Å². The number of benzene rings is 3. The molecular weight excluding hydrogens is 332 g/mol. The maximum atomic E-state index is 6.04. The van der Waals surface area contributed by atoms with Gasteiger partial charge < -0.3 is 4.42 Å². The van der Waals surface area contributed by atoms with Crippen molar-refractivity contribution in [3.63, 3.8) is 0 Å². The van der Waals surface area contributed by atoms with Gasteiger partial charge in [0.25, 0.3) is 0 Å². The third-order valence-electron chi connectivity index (χ3n) is 4.83. The molecule has 0 saturated heterocycles. The van der Waals surface area contributed by atoms with Crippen molar-refractivity contribution in [2.24, 2.45) is 0 Å². The van der Waals surface area contributed by atoms with Gasteiger partial charge in [-0.1, -0.05) is 61.5 Å². The Morgan fingerprint density at radius 1 is 0.667 bits per heavy atom. The van der Waals surface area contributed by atoms with E-state index >= 15 is 0 Å². The average molecular weight is 350 g/mol. The summed E-state index contributed by atoms with van der Waals surface area (Å²) >= 11 is 0. The topological polar surface area (TPSA) is 38.9 Å². The number of hydrogen-bond acceptors (Lipinski definition) is 3. The molecule has 5 aromatic rings. The highest BCUT2D eigenvalue weighted by atomic mass is 16.3. The molecule has 0 spiro atoms. The van der Waals surface area contributed by atoms with Crippen molar-refractivity contribution < 1.29 is 4.42 Å². The van der Waals surface area contributed by atoms with Crippen LogP contribution in [-0.2, 0) is 6.42 Å². The van der Waals surface area contributed by atoms with Gasteiger partial charge in [0.1, 0.15) is 17.0 Å². The van der Waals surface area contributed by atoms with Crippen LogP contribution in [0, 0.1) is 0 Å². The lowest BCUT2D eigenvalue weighted by atomic mass is 10.1. The van der Waals surface area contributed by atoms with Gasteiger partial charge in [-0.25, -0.2) is 9.97 Å². The monoisotopic (exact) mass is 350 g/mol. The van der Waals surface area contributed by atoms with E-state index in [2.05, 4.69) is 49.4 Å². The van der Waals surface area contributed by atoms with Crippen LogP contribution in [0.15, 0.2) is 83.3 Å². The molecule has 0 amide bonds. The Morgan fingerprint density at radius 3 is 2.19 bits per heavy atom. The highest BCUT2D eigenvalue weighted by Crippen LogP contribution is 2.32. The van der Waals surface area contributed by atoms with Crippen molar-refractivity contribution in [1.82, 2.24) is 9.97 Å². The predicted molar refractivity (Wildman–Crippen MR) is 110 cm³/mol. The largest absolute Gasteiger partial charge is 0.456 e. The van der Waals surface area contributed by atoms with Crippen molar-refractivity contribution in [2.45, 2.75) is 13.3 Å². The number of furan rings is 1. The standard InChI is InChI=1S/C24H18N2O/c1-2-24-25-20(16-8-4-3-5-9-16)15-21(26-24)17-12-13-19-18-10-6-7-11-22(18)27-23(19)14-17/h3-15H,2H2,1H3. The lowest BCUT2D eigenvalue weighted by molar-refractivity contribution is 0.669. The van der Waals surface area contributed by atoms with Gasteiger partial charge in [0.2, 0.25) is 0 Å². The molecular formula is C24H18N2O. The zero-order valence-corrected chi connectivity index (χ0v) is 15.0. The minimum atomic E-state index is 0.792. The van der Waals surface area contributed by atoms with Crippen LogP contribution in [0.1, 0.15) is 12.7 Å². The average Bonchev–Trinajstić information content (AvgIpc) is 3.12. The minimum Gasteiger partial charge on any atom is -0.456 e. The third-order valence-corrected chi connectivity index (χ3v) is 4.83. The number of aromatic nitrogens is 2. The van der Waals surface area contributed by atoms with E-state index < -0.39 is 0 Å². The van der Waals surface area contributed by atoms with E-state index in [4.69, 9.17) is 14.4 Å². The molecule has 0 unspecified atom stereocenters. The molecule has 2 aromatic heterocycles. The lowest BCUT2D eigenvalue weighted by Gasteiger charge is -2.08. The molecule has 130 valence electrons. The Labute approximate surface area is 157 Å². The fourth-order valence-electron chi connectivity index (χ4n) is 3.45. The Balaban J connectivity index is 1.68. The zero-order valence-electron chi connectivity index (χ0n) is 15.0. The Kier molecular flexibility index (Phi) is 3.72. The van der Waals surface area contributed by atoms with Gasteiger partial charge in [-0.2, -0.15) is 0 Å². The van der Waals surface area contributed by atoms with E-state index in [1.807, 2.05) is 36.4 Å². The summed E-state index contributed by atoms with van der Waals surface area (Å²) < 4.78 is 6.04. The molecule has 27 heavy (non-hydrogen) atoms. The van der Waals surface area contributed by atoms with E-state index in [1.165, 1.54) is 0 Å². The fourth-order valence-corrected chi connectivity index (χ4v) is 3.45. The molecule has 0 radical (unpaired) electrons. The first kappa shape index (κ1) is 15.8. The summed E-state index contributed by atoms with van der Waals surface area (Å²) in [6.45, 7) is 2.08. The first-order valence-corrected chi connectivity index (χ1v) is 9.17. The van der Waals surface area contributed by atoms with E-state index in [9.17, 15) is 0 Å². The normalized spacial score (nSPS) is 11.3. The van der Waals surface area contributed by atoms with Gasteiger partial charge in [-0.3, -0.25) is 0 Å². The van der Waals surface area contributed by atoms with Crippen LogP contribution in [0.2, 0.25) is 0 Å². The molecule has 0 atom stereocenters. The van der Waals surface area contributed by atoms with Crippen molar-refractivity contribution >= 4 is 21.9 Å². The fraction of sp³-hybridized carbons (Fsp3) is 0.0833. The molecule has 0 aliphatic rings. The summed E-state index contributed by atoms with van der Waals surface area (Å²) in [6, 6.07) is 26.7. The van der Waals surface area contributed by atoms with E-state index in [0.29, 0.717) is 0 Å². The summed E-state index contributed by atoms with van der Waals surface area (Å²) in [4.78, 5) is 9.47. The lowest BCUT2D eigenvalue weighted by Crippen LogP contribution is -1.97. The predicted octanol–water partition coefficient (Wildman–Crippen LogP) is 6.27. The second-order valence-corrected chi connectivity index (χ2v) is 6.58. The third kappa shape index (κ3) is 2.77. The number of hydrogen-bond donors (Lipinski definition) is 0. The number of para-hydroxylation sites is 1. The molecule has 0 fully saturated rings. The maximum Gasteiger partial charge on any atom is 0.136 e. The summed E-state index contributed by atoms with van der Waals surface area (Å²) in [5.74, 6) is 0.844. The Hall–Kier alpha value is -3.46. The van der Waals surface area contributed by atoms with Gasteiger partial charge in [-0.15, -0.1) is 0 Å². The summed E-state index contributed by atoms with van der Waals surface area (Å²) in [6.07, 6.45) is 0.792. The highest BCUT2D eigenvalue weighted by Gasteiger charge is 2.11. The molecule has 3 aromatic carbocycles. The first-order chi connectivity index (χ1) is 13.3. The van der Waals surface area contributed by atoms with Crippen LogP contribution in [0.4, 0.5) is 0 Å². The number of rotatable bonds is 3. The number of nitrogens with zero attached hydrogens (tertiary/aromatic N) is 2. The van der Waals surface area contributed by atoms with Gasteiger partial charge in [0.15, 0.2) is 0 Å². The number of fused-ring (bicyclic) bond motifs is 3. The SMILES string of the molecule is CCc1nc(-c2ccccc2)cc(-c2ccc3c(c2)oc2ccccc23)n1. The molecule has 0 aliphatic heterocycles. The minimum absolute atomic E-state index is 0.792. The zero-order chi connectivity index (χ0) is 18.2. The van der Waals surface area contributed by atoms with E-state index in [-0.39, 0.29) is 0 Å². The smallest absolute Gasteiger partial charge is 0.136 e. The van der Waals surface area contributed by atoms with Crippen LogP contribution in [0.5, 0.6) is 0 Å². The molecule has 0 bridgehead atoms. The highest BCUT2D eigenvalue weighted by molar-refractivity contribution is 6.05. The van der Waals surface area contributed by atoms with Crippen molar-refractivity contribution in [3.05, 3.63) is 84.7 Å². The molecule has 5 rings (SSSR count). The second-order valence-electron chi connectivity index (χ2n) is 6.58. The maximum absolute atomic E-state index is 6.04. The molecule has 3 heteroatoms. The van der Waals surface area contributed by atoms with Crippen LogP contribution in [-0.4, -0.2) is 9.97 Å². The molecule has 0 aliphatic carbocycles. The van der Waals surface area contributed by atoms with E-state index in [1.54, 1.807) is 0 Å². The summed E-state index contributed by atoms with van der Waals surface area (Å²) in [5.41, 5.74) is 5.79. The van der Waals surface area contributed by atoms with Gasteiger partial charge in [0, 0.05) is 28.3 Å². The quantitative estimate of drug-likeness (QED) is 0.385.